The SMILES string of the molecule is CS(=O)(=O)N(CC(=O)N(Cc1ccccc1)C(Cc1ccccc1)C(=O)NC1CCCC1)c1cc(C(F)(F)F)ccc1Cl. The Bertz CT molecular complexity index is 1520. The summed E-state index contributed by atoms with van der Waals surface area (Å²) in [6.07, 6.45) is -0.276. The van der Waals surface area contributed by atoms with E-state index in [1.165, 1.54) is 4.90 Å². The summed E-state index contributed by atoms with van der Waals surface area (Å²) in [5.74, 6) is -1.16. The van der Waals surface area contributed by atoms with E-state index in [9.17, 15) is 31.2 Å². The summed E-state index contributed by atoms with van der Waals surface area (Å²) >= 11 is 6.19. The molecule has 0 saturated heterocycles. The van der Waals surface area contributed by atoms with Crippen LogP contribution in [0.1, 0.15) is 42.4 Å². The van der Waals surface area contributed by atoms with Gasteiger partial charge in [-0.05, 0) is 42.2 Å². The molecule has 1 aliphatic carbocycles. The van der Waals surface area contributed by atoms with Crippen LogP contribution in [0.3, 0.4) is 0 Å². The van der Waals surface area contributed by atoms with Crippen molar-refractivity contribution in [3.8, 4) is 0 Å². The van der Waals surface area contributed by atoms with Crippen molar-refractivity contribution in [1.29, 1.82) is 0 Å². The maximum absolute atomic E-state index is 14.1. The summed E-state index contributed by atoms with van der Waals surface area (Å²) in [4.78, 5) is 29.2. The molecule has 3 aromatic carbocycles. The molecule has 1 saturated carbocycles. The van der Waals surface area contributed by atoms with Gasteiger partial charge in [0.2, 0.25) is 21.8 Å². The summed E-state index contributed by atoms with van der Waals surface area (Å²) in [5.41, 5.74) is -0.138. The summed E-state index contributed by atoms with van der Waals surface area (Å²) in [7, 11) is -4.29. The van der Waals surface area contributed by atoms with E-state index < -0.39 is 45.9 Å². The first-order valence-corrected chi connectivity index (χ1v) is 16.1. The van der Waals surface area contributed by atoms with E-state index in [0.717, 1.165) is 49.6 Å². The lowest BCUT2D eigenvalue weighted by Crippen LogP contribution is -2.54. The van der Waals surface area contributed by atoms with Crippen molar-refractivity contribution in [1.82, 2.24) is 10.2 Å². The van der Waals surface area contributed by atoms with Crippen molar-refractivity contribution in [2.75, 3.05) is 17.1 Å². The molecular weight excluding hydrogens is 603 g/mol. The monoisotopic (exact) mass is 635 g/mol. The Kier molecular flexibility index (Phi) is 10.4. The number of benzene rings is 3. The fraction of sp³-hybridized carbons (Fsp3) is 0.355. The minimum atomic E-state index is -4.77. The Morgan fingerprint density at radius 1 is 0.953 bits per heavy atom. The molecule has 0 radical (unpaired) electrons. The van der Waals surface area contributed by atoms with Crippen LogP contribution in [0.2, 0.25) is 5.02 Å². The molecule has 1 N–H and O–H groups in total. The first kappa shape index (κ1) is 32.3. The van der Waals surface area contributed by atoms with Crippen LogP contribution in [0, 0.1) is 0 Å². The first-order valence-electron chi connectivity index (χ1n) is 13.8. The molecule has 43 heavy (non-hydrogen) atoms. The van der Waals surface area contributed by atoms with Crippen LogP contribution in [0.15, 0.2) is 78.9 Å². The molecule has 1 atom stereocenters. The zero-order valence-corrected chi connectivity index (χ0v) is 25.1. The maximum Gasteiger partial charge on any atom is 0.416 e. The minimum Gasteiger partial charge on any atom is -0.352 e. The van der Waals surface area contributed by atoms with E-state index in [4.69, 9.17) is 11.6 Å². The van der Waals surface area contributed by atoms with Crippen LogP contribution >= 0.6 is 11.6 Å². The number of hydrogen-bond acceptors (Lipinski definition) is 4. The van der Waals surface area contributed by atoms with Crippen molar-refractivity contribution in [3.63, 3.8) is 0 Å². The highest BCUT2D eigenvalue weighted by Crippen LogP contribution is 2.36. The Morgan fingerprint density at radius 3 is 2.09 bits per heavy atom. The van der Waals surface area contributed by atoms with Gasteiger partial charge in [-0.25, -0.2) is 8.42 Å². The highest BCUT2D eigenvalue weighted by Gasteiger charge is 2.36. The predicted octanol–water partition coefficient (Wildman–Crippen LogP) is 5.82. The largest absolute Gasteiger partial charge is 0.416 e. The number of alkyl halides is 3. The maximum atomic E-state index is 14.1. The topological polar surface area (TPSA) is 86.8 Å². The third kappa shape index (κ3) is 8.73. The highest BCUT2D eigenvalue weighted by atomic mass is 35.5. The second-order valence-corrected chi connectivity index (χ2v) is 13.0. The molecule has 0 bridgehead atoms. The molecule has 230 valence electrons. The van der Waals surface area contributed by atoms with Crippen molar-refractivity contribution >= 4 is 39.1 Å². The van der Waals surface area contributed by atoms with Gasteiger partial charge in [-0.1, -0.05) is 85.1 Å². The average molecular weight is 636 g/mol. The Morgan fingerprint density at radius 2 is 1.53 bits per heavy atom. The third-order valence-corrected chi connectivity index (χ3v) is 8.84. The van der Waals surface area contributed by atoms with Crippen LogP contribution in [0.25, 0.3) is 0 Å². The molecule has 3 aromatic rings. The number of amides is 2. The molecule has 0 aliphatic heterocycles. The molecule has 1 fully saturated rings. The van der Waals surface area contributed by atoms with Gasteiger partial charge in [0.1, 0.15) is 12.6 Å². The second kappa shape index (κ2) is 13.8. The van der Waals surface area contributed by atoms with E-state index >= 15 is 0 Å². The van der Waals surface area contributed by atoms with Crippen LogP contribution in [0.4, 0.5) is 18.9 Å². The summed E-state index contributed by atoms with van der Waals surface area (Å²) in [6.45, 7) is -0.905. The zero-order chi connectivity index (χ0) is 31.2. The molecule has 0 aromatic heterocycles. The van der Waals surface area contributed by atoms with E-state index in [1.54, 1.807) is 30.3 Å². The fourth-order valence-corrected chi connectivity index (χ4v) is 6.30. The first-order chi connectivity index (χ1) is 20.3. The van der Waals surface area contributed by atoms with E-state index in [2.05, 4.69) is 5.32 Å². The van der Waals surface area contributed by atoms with Crippen molar-refractivity contribution in [3.05, 3.63) is 101 Å². The quantitative estimate of drug-likeness (QED) is 0.288. The second-order valence-electron chi connectivity index (χ2n) is 10.6. The van der Waals surface area contributed by atoms with Crippen molar-refractivity contribution in [2.45, 2.75) is 56.9 Å². The standard InChI is InChI=1S/C31H33ClF3N3O4S/c1-43(41,42)38(27-19-24(31(33,34)35)16-17-26(27)32)21-29(39)37(20-23-12-6-3-7-13-23)28(18-22-10-4-2-5-11-22)30(40)36-25-14-8-9-15-25/h2-7,10-13,16-17,19,25,28H,8-9,14-15,18,20-21H2,1H3,(H,36,40). The molecule has 12 heteroatoms. The number of halogens is 4. The normalized spacial score (nSPS) is 14.7. The van der Waals surface area contributed by atoms with E-state index in [1.807, 2.05) is 30.3 Å². The highest BCUT2D eigenvalue weighted by molar-refractivity contribution is 7.92. The summed E-state index contributed by atoms with van der Waals surface area (Å²) in [6, 6.07) is 19.2. The molecule has 0 heterocycles. The lowest BCUT2D eigenvalue weighted by atomic mass is 10.0. The molecule has 7 nitrogen and oxygen atoms in total. The molecule has 1 unspecified atom stereocenters. The van der Waals surface area contributed by atoms with E-state index in [0.29, 0.717) is 15.9 Å². The zero-order valence-electron chi connectivity index (χ0n) is 23.6. The average Bonchev–Trinajstić information content (AvgIpc) is 3.47. The van der Waals surface area contributed by atoms with Gasteiger partial charge in [0.25, 0.3) is 0 Å². The van der Waals surface area contributed by atoms with E-state index in [-0.39, 0.29) is 29.9 Å². The number of nitrogens with zero attached hydrogens (tertiary/aromatic N) is 2. The van der Waals surface area contributed by atoms with Gasteiger partial charge in [-0.15, -0.1) is 0 Å². The number of carbonyl (C=O) groups excluding carboxylic acids is 2. The lowest BCUT2D eigenvalue weighted by molar-refractivity contribution is -0.140. The smallest absolute Gasteiger partial charge is 0.352 e. The minimum absolute atomic E-state index is 0.0385. The number of nitrogens with one attached hydrogen (secondary N) is 1. The van der Waals surface area contributed by atoms with Gasteiger partial charge in [0.05, 0.1) is 22.5 Å². The molecule has 1 aliphatic rings. The van der Waals surface area contributed by atoms with Gasteiger partial charge in [-0.3, -0.25) is 13.9 Å². The molecular formula is C31H33ClF3N3O4S. The molecule has 0 spiro atoms. The van der Waals surface area contributed by atoms with Gasteiger partial charge in [0.15, 0.2) is 0 Å². The Hall–Kier alpha value is -3.57. The fourth-order valence-electron chi connectivity index (χ4n) is 5.18. The number of hydrogen-bond donors (Lipinski definition) is 1. The van der Waals surface area contributed by atoms with Crippen molar-refractivity contribution in [2.24, 2.45) is 0 Å². The summed E-state index contributed by atoms with van der Waals surface area (Å²) in [5, 5.41) is 2.78. The lowest BCUT2D eigenvalue weighted by Gasteiger charge is -2.34. The number of carbonyl (C=O) groups is 2. The number of sulfonamides is 1. The van der Waals surface area contributed by atoms with Crippen LogP contribution in [0.5, 0.6) is 0 Å². The third-order valence-electron chi connectivity index (χ3n) is 7.39. The van der Waals surface area contributed by atoms with Gasteiger partial charge >= 0.3 is 6.18 Å². The Balaban J connectivity index is 1.75. The van der Waals surface area contributed by atoms with Crippen molar-refractivity contribution < 1.29 is 31.2 Å². The van der Waals surface area contributed by atoms with Gasteiger partial charge < -0.3 is 10.2 Å². The number of rotatable bonds is 11. The van der Waals surface area contributed by atoms with Crippen LogP contribution < -0.4 is 9.62 Å². The van der Waals surface area contributed by atoms with Crippen LogP contribution in [-0.4, -0.2) is 50.0 Å². The Labute approximate surface area is 254 Å². The van der Waals surface area contributed by atoms with Gasteiger partial charge in [-0.2, -0.15) is 13.2 Å². The molecule has 4 rings (SSSR count). The summed E-state index contributed by atoms with van der Waals surface area (Å²) < 4.78 is 67.0. The van der Waals surface area contributed by atoms with Gasteiger partial charge in [0, 0.05) is 19.0 Å². The number of anilines is 1. The van der Waals surface area contributed by atoms with Crippen LogP contribution in [-0.2, 0) is 38.8 Å². The molecule has 2 amide bonds. The predicted molar refractivity (Wildman–Crippen MR) is 160 cm³/mol.